The van der Waals surface area contributed by atoms with Crippen LogP contribution in [-0.4, -0.2) is 38.5 Å². The van der Waals surface area contributed by atoms with Gasteiger partial charge in [0.1, 0.15) is 10.7 Å². The molecule has 0 saturated carbocycles. The minimum atomic E-state index is -3.60. The van der Waals surface area contributed by atoms with Gasteiger partial charge in [-0.1, -0.05) is 6.92 Å². The van der Waals surface area contributed by atoms with Gasteiger partial charge in [-0.3, -0.25) is 0 Å². The molecule has 1 unspecified atom stereocenters. The molecule has 2 rings (SSSR count). The lowest BCUT2D eigenvalue weighted by Gasteiger charge is -2.22. The van der Waals surface area contributed by atoms with Crippen LogP contribution in [0.4, 0.5) is 0 Å². The van der Waals surface area contributed by atoms with Crippen LogP contribution < -0.4 is 5.73 Å². The molecule has 0 aliphatic carbocycles. The zero-order chi connectivity index (χ0) is 14.8. The monoisotopic (exact) mass is 366 g/mol. The SMILES string of the molecule is CCN(CC1CCCO1)S(=O)(=O)c1cc(CN)oc1Br. The molecule has 0 amide bonds. The molecular formula is C12H19BrN2O4S. The Kier molecular flexibility index (Phi) is 5.25. The number of nitrogens with two attached hydrogens (primary N) is 1. The summed E-state index contributed by atoms with van der Waals surface area (Å²) < 4.78 is 37.7. The molecule has 0 aromatic carbocycles. The van der Waals surface area contributed by atoms with Crippen LogP contribution in [-0.2, 0) is 21.3 Å². The van der Waals surface area contributed by atoms with Crippen LogP contribution in [0.3, 0.4) is 0 Å². The molecule has 0 spiro atoms. The zero-order valence-electron chi connectivity index (χ0n) is 11.3. The van der Waals surface area contributed by atoms with E-state index in [2.05, 4.69) is 15.9 Å². The van der Waals surface area contributed by atoms with E-state index < -0.39 is 10.0 Å². The molecule has 0 radical (unpaired) electrons. The van der Waals surface area contributed by atoms with Crippen LogP contribution in [0.5, 0.6) is 0 Å². The van der Waals surface area contributed by atoms with Gasteiger partial charge in [0.2, 0.25) is 10.0 Å². The van der Waals surface area contributed by atoms with Gasteiger partial charge in [-0.2, -0.15) is 4.31 Å². The van der Waals surface area contributed by atoms with Crippen LogP contribution in [0.25, 0.3) is 0 Å². The highest BCUT2D eigenvalue weighted by Crippen LogP contribution is 2.29. The highest BCUT2D eigenvalue weighted by atomic mass is 79.9. The fourth-order valence-corrected chi connectivity index (χ4v) is 4.67. The lowest BCUT2D eigenvalue weighted by atomic mass is 10.2. The maximum Gasteiger partial charge on any atom is 0.247 e. The van der Waals surface area contributed by atoms with E-state index in [1.54, 1.807) is 0 Å². The Morgan fingerprint density at radius 2 is 2.30 bits per heavy atom. The maximum atomic E-state index is 12.6. The lowest BCUT2D eigenvalue weighted by Crippen LogP contribution is -2.37. The summed E-state index contributed by atoms with van der Waals surface area (Å²) in [7, 11) is -3.60. The number of nitrogens with zero attached hydrogens (tertiary/aromatic N) is 1. The third-order valence-electron chi connectivity index (χ3n) is 3.31. The predicted molar refractivity (Wildman–Crippen MR) is 77.7 cm³/mol. The van der Waals surface area contributed by atoms with Gasteiger partial charge in [0.05, 0.1) is 12.6 Å². The summed E-state index contributed by atoms with van der Waals surface area (Å²) >= 11 is 3.14. The van der Waals surface area contributed by atoms with Gasteiger partial charge >= 0.3 is 0 Å². The molecule has 1 saturated heterocycles. The number of ether oxygens (including phenoxy) is 1. The number of sulfonamides is 1. The summed E-state index contributed by atoms with van der Waals surface area (Å²) in [6.07, 6.45) is 1.85. The van der Waals surface area contributed by atoms with Crippen LogP contribution in [0.1, 0.15) is 25.5 Å². The molecule has 2 N–H and O–H groups in total. The smallest absolute Gasteiger partial charge is 0.247 e. The van der Waals surface area contributed by atoms with E-state index in [1.807, 2.05) is 6.92 Å². The number of halogens is 1. The summed E-state index contributed by atoms with van der Waals surface area (Å²) in [5.74, 6) is 0.434. The minimum Gasteiger partial charge on any atom is -0.452 e. The first kappa shape index (κ1) is 16.0. The van der Waals surface area contributed by atoms with Crippen molar-refractivity contribution in [3.05, 3.63) is 16.5 Å². The van der Waals surface area contributed by atoms with E-state index in [4.69, 9.17) is 14.9 Å². The molecular weight excluding hydrogens is 348 g/mol. The van der Waals surface area contributed by atoms with E-state index in [-0.39, 0.29) is 22.2 Å². The van der Waals surface area contributed by atoms with Gasteiger partial charge in [-0.15, -0.1) is 0 Å². The maximum absolute atomic E-state index is 12.6. The lowest BCUT2D eigenvalue weighted by molar-refractivity contribution is 0.0946. The molecule has 1 fully saturated rings. The molecule has 0 bridgehead atoms. The number of furan rings is 1. The van der Waals surface area contributed by atoms with Gasteiger partial charge in [-0.05, 0) is 28.8 Å². The third-order valence-corrected chi connectivity index (χ3v) is 6.11. The Morgan fingerprint density at radius 1 is 1.55 bits per heavy atom. The fraction of sp³-hybridized carbons (Fsp3) is 0.667. The van der Waals surface area contributed by atoms with E-state index in [0.717, 1.165) is 12.8 Å². The average molecular weight is 367 g/mol. The predicted octanol–water partition coefficient (Wildman–Crippen LogP) is 1.69. The molecule has 1 atom stereocenters. The third kappa shape index (κ3) is 3.25. The van der Waals surface area contributed by atoms with Gasteiger partial charge in [0, 0.05) is 25.8 Å². The summed E-state index contributed by atoms with van der Waals surface area (Å²) in [6.45, 7) is 3.43. The van der Waals surface area contributed by atoms with Crippen molar-refractivity contribution in [3.63, 3.8) is 0 Å². The van der Waals surface area contributed by atoms with Crippen LogP contribution >= 0.6 is 15.9 Å². The highest BCUT2D eigenvalue weighted by Gasteiger charge is 2.31. The van der Waals surface area contributed by atoms with Crippen molar-refractivity contribution in [1.82, 2.24) is 4.31 Å². The molecule has 8 heteroatoms. The van der Waals surface area contributed by atoms with Gasteiger partial charge in [0.15, 0.2) is 4.67 Å². The van der Waals surface area contributed by atoms with Crippen molar-refractivity contribution >= 4 is 26.0 Å². The topological polar surface area (TPSA) is 85.8 Å². The van der Waals surface area contributed by atoms with E-state index in [9.17, 15) is 8.42 Å². The molecule has 1 aliphatic heterocycles. The average Bonchev–Trinajstić information content (AvgIpc) is 3.04. The summed E-state index contributed by atoms with van der Waals surface area (Å²) in [5, 5.41) is 0. The standard InChI is InChI=1S/C12H19BrN2O4S/c1-2-15(8-9-4-3-5-18-9)20(16,17)11-6-10(7-14)19-12(11)13/h6,9H,2-5,7-8,14H2,1H3. The molecule has 20 heavy (non-hydrogen) atoms. The summed E-state index contributed by atoms with van der Waals surface area (Å²) in [5.41, 5.74) is 5.47. The molecule has 1 aliphatic rings. The van der Waals surface area contributed by atoms with Gasteiger partial charge < -0.3 is 14.9 Å². The highest BCUT2D eigenvalue weighted by molar-refractivity contribution is 9.10. The molecule has 114 valence electrons. The fourth-order valence-electron chi connectivity index (χ4n) is 2.23. The van der Waals surface area contributed by atoms with Crippen molar-refractivity contribution in [2.45, 2.75) is 37.3 Å². The van der Waals surface area contributed by atoms with Gasteiger partial charge in [0.25, 0.3) is 0 Å². The largest absolute Gasteiger partial charge is 0.452 e. The summed E-state index contributed by atoms with van der Waals surface area (Å²) in [6, 6.07) is 1.47. The first-order valence-corrected chi connectivity index (χ1v) is 8.82. The molecule has 2 heterocycles. The van der Waals surface area contributed by atoms with Crippen LogP contribution in [0.2, 0.25) is 0 Å². The normalized spacial score (nSPS) is 19.9. The van der Waals surface area contributed by atoms with Crippen molar-refractivity contribution in [1.29, 1.82) is 0 Å². The quantitative estimate of drug-likeness (QED) is 0.827. The number of hydrogen-bond acceptors (Lipinski definition) is 5. The number of likely N-dealkylation sites (N-methyl/N-ethyl adjacent to an activating group) is 1. The molecule has 1 aromatic rings. The Balaban J connectivity index is 2.23. The Hall–Kier alpha value is -0.410. The Morgan fingerprint density at radius 3 is 2.80 bits per heavy atom. The van der Waals surface area contributed by atoms with Crippen molar-refractivity contribution in [2.24, 2.45) is 5.73 Å². The number of rotatable bonds is 6. The van der Waals surface area contributed by atoms with Crippen molar-refractivity contribution < 1.29 is 17.6 Å². The van der Waals surface area contributed by atoms with Gasteiger partial charge in [-0.25, -0.2) is 8.42 Å². The van der Waals surface area contributed by atoms with Crippen LogP contribution in [0, 0.1) is 0 Å². The Bertz CT molecular complexity index is 552. The molecule has 1 aromatic heterocycles. The molecule has 6 nitrogen and oxygen atoms in total. The van der Waals surface area contributed by atoms with E-state index in [1.165, 1.54) is 10.4 Å². The van der Waals surface area contributed by atoms with E-state index >= 15 is 0 Å². The van der Waals surface area contributed by atoms with Crippen molar-refractivity contribution in [3.8, 4) is 0 Å². The van der Waals surface area contributed by atoms with Crippen molar-refractivity contribution in [2.75, 3.05) is 19.7 Å². The minimum absolute atomic E-state index is 0.0237. The van der Waals surface area contributed by atoms with E-state index in [0.29, 0.717) is 25.5 Å². The van der Waals surface area contributed by atoms with Crippen LogP contribution in [0.15, 0.2) is 20.0 Å². The first-order valence-electron chi connectivity index (χ1n) is 6.59. The zero-order valence-corrected chi connectivity index (χ0v) is 13.7. The second-order valence-corrected chi connectivity index (χ2v) is 7.27. The second-order valence-electron chi connectivity index (χ2n) is 4.65. The number of hydrogen-bond donors (Lipinski definition) is 1. The summed E-state index contributed by atoms with van der Waals surface area (Å²) in [4.78, 5) is 0.123. The Labute approximate surface area is 127 Å². The first-order chi connectivity index (χ1) is 9.48. The second kappa shape index (κ2) is 6.57.